The molecule has 0 radical (unpaired) electrons. The minimum atomic E-state index is -0.157. The molecule has 0 rings (SSSR count). The fourth-order valence-corrected chi connectivity index (χ4v) is 2.57. The van der Waals surface area contributed by atoms with Crippen LogP contribution in [0.2, 0.25) is 0 Å². The molecule has 0 aliphatic rings. The van der Waals surface area contributed by atoms with Crippen molar-refractivity contribution in [2.75, 3.05) is 6.61 Å². The first-order valence-corrected chi connectivity index (χ1v) is 9.55. The minimum absolute atomic E-state index is 0.157. The maximum atomic E-state index is 10.6. The summed E-state index contributed by atoms with van der Waals surface area (Å²) in [7, 11) is 0. The molecule has 0 fully saturated rings. The highest BCUT2D eigenvalue weighted by atomic mass is 16.5. The van der Waals surface area contributed by atoms with Gasteiger partial charge in [-0.05, 0) is 32.1 Å². The number of allylic oxidation sites excluding steroid dienone is 2. The van der Waals surface area contributed by atoms with Crippen molar-refractivity contribution in [1.29, 1.82) is 0 Å². The second-order valence-electron chi connectivity index (χ2n) is 6.28. The first-order valence-electron chi connectivity index (χ1n) is 9.55. The zero-order valence-corrected chi connectivity index (χ0v) is 15.1. The lowest BCUT2D eigenvalue weighted by Crippen LogP contribution is -2.00. The third-order valence-electron chi connectivity index (χ3n) is 3.96. The predicted molar refractivity (Wildman–Crippen MR) is 96.1 cm³/mol. The van der Waals surface area contributed by atoms with Crippen LogP contribution in [0.25, 0.3) is 0 Å². The minimum Gasteiger partial charge on any atom is -0.466 e. The van der Waals surface area contributed by atoms with Crippen LogP contribution >= 0.6 is 0 Å². The van der Waals surface area contributed by atoms with Crippen LogP contribution in [0.5, 0.6) is 0 Å². The Labute approximate surface area is 138 Å². The quantitative estimate of drug-likeness (QED) is 0.183. The maximum absolute atomic E-state index is 10.6. The van der Waals surface area contributed by atoms with Crippen LogP contribution in [0, 0.1) is 0 Å². The molecule has 2 nitrogen and oxygen atoms in total. The van der Waals surface area contributed by atoms with E-state index in [4.69, 9.17) is 4.74 Å². The number of hydrogen-bond acceptors (Lipinski definition) is 2. The van der Waals surface area contributed by atoms with Crippen molar-refractivity contribution in [3.8, 4) is 0 Å². The molecule has 0 atom stereocenters. The van der Waals surface area contributed by atoms with E-state index in [1.807, 2.05) is 0 Å². The Morgan fingerprint density at radius 1 is 0.727 bits per heavy atom. The zero-order chi connectivity index (χ0) is 16.3. The summed E-state index contributed by atoms with van der Waals surface area (Å²) in [6, 6.07) is 0. The molecular weight excluding hydrogens is 272 g/mol. The van der Waals surface area contributed by atoms with E-state index >= 15 is 0 Å². The van der Waals surface area contributed by atoms with Crippen molar-refractivity contribution in [3.63, 3.8) is 0 Å². The summed E-state index contributed by atoms with van der Waals surface area (Å²) in [5.41, 5.74) is 0. The smallest absolute Gasteiger partial charge is 0.302 e. The van der Waals surface area contributed by atoms with Gasteiger partial charge in [0.1, 0.15) is 0 Å². The topological polar surface area (TPSA) is 26.3 Å². The van der Waals surface area contributed by atoms with E-state index in [9.17, 15) is 4.79 Å². The number of carbonyl (C=O) groups excluding carboxylic acids is 1. The Kier molecular flexibility index (Phi) is 17.6. The largest absolute Gasteiger partial charge is 0.466 e. The van der Waals surface area contributed by atoms with E-state index in [1.54, 1.807) is 0 Å². The standard InChI is InChI=1S/C20H38O2/c1-3-4-5-6-7-8-9-10-11-12-13-14-15-16-17-18-19-22-20(2)21/h8-9H,3-7,10-19H2,1-2H3/b9-8-. The van der Waals surface area contributed by atoms with Crippen molar-refractivity contribution >= 4 is 5.97 Å². The SMILES string of the molecule is CCCCCC/C=C\CCCCCCCCCCOC(C)=O. The lowest BCUT2D eigenvalue weighted by atomic mass is 10.1. The highest BCUT2D eigenvalue weighted by molar-refractivity contribution is 5.65. The zero-order valence-electron chi connectivity index (χ0n) is 15.1. The van der Waals surface area contributed by atoms with E-state index in [0.29, 0.717) is 6.61 Å². The molecule has 0 bridgehead atoms. The second-order valence-corrected chi connectivity index (χ2v) is 6.28. The molecule has 0 spiro atoms. The van der Waals surface area contributed by atoms with Gasteiger partial charge in [0.15, 0.2) is 0 Å². The molecule has 0 aromatic heterocycles. The Bertz CT molecular complexity index is 258. The van der Waals surface area contributed by atoms with Crippen LogP contribution in [0.4, 0.5) is 0 Å². The van der Waals surface area contributed by atoms with Gasteiger partial charge in [0.25, 0.3) is 0 Å². The summed E-state index contributed by atoms with van der Waals surface area (Å²) >= 11 is 0. The lowest BCUT2D eigenvalue weighted by molar-refractivity contribution is -0.141. The number of ether oxygens (including phenoxy) is 1. The van der Waals surface area contributed by atoms with E-state index in [-0.39, 0.29) is 5.97 Å². The van der Waals surface area contributed by atoms with Crippen molar-refractivity contribution in [2.45, 2.75) is 104 Å². The molecule has 0 aliphatic heterocycles. The van der Waals surface area contributed by atoms with E-state index < -0.39 is 0 Å². The van der Waals surface area contributed by atoms with Gasteiger partial charge in [-0.3, -0.25) is 4.79 Å². The molecule has 2 heteroatoms. The Hall–Kier alpha value is -0.790. The molecule has 0 N–H and O–H groups in total. The monoisotopic (exact) mass is 310 g/mol. The van der Waals surface area contributed by atoms with E-state index in [1.165, 1.54) is 90.4 Å². The van der Waals surface area contributed by atoms with Gasteiger partial charge in [-0.1, -0.05) is 76.9 Å². The molecule has 0 amide bonds. The molecule has 0 saturated carbocycles. The molecule has 0 aromatic rings. The first-order chi connectivity index (χ1) is 10.8. The maximum Gasteiger partial charge on any atom is 0.302 e. The van der Waals surface area contributed by atoms with Gasteiger partial charge in [0.05, 0.1) is 6.61 Å². The Balaban J connectivity index is 3.05. The highest BCUT2D eigenvalue weighted by Gasteiger charge is 1.94. The Morgan fingerprint density at radius 3 is 1.68 bits per heavy atom. The van der Waals surface area contributed by atoms with Gasteiger partial charge in [-0.15, -0.1) is 0 Å². The number of hydrogen-bond donors (Lipinski definition) is 0. The summed E-state index contributed by atoms with van der Waals surface area (Å²) in [6.07, 6.45) is 23.0. The molecule has 0 heterocycles. The highest BCUT2D eigenvalue weighted by Crippen LogP contribution is 2.10. The fraction of sp³-hybridized carbons (Fsp3) is 0.850. The van der Waals surface area contributed by atoms with Gasteiger partial charge in [-0.2, -0.15) is 0 Å². The van der Waals surface area contributed by atoms with Gasteiger partial charge < -0.3 is 4.74 Å². The Morgan fingerprint density at radius 2 is 1.18 bits per heavy atom. The van der Waals surface area contributed by atoms with Gasteiger partial charge in [0, 0.05) is 6.92 Å². The summed E-state index contributed by atoms with van der Waals surface area (Å²) in [4.78, 5) is 10.6. The predicted octanol–water partition coefficient (Wildman–Crippen LogP) is 6.59. The molecule has 0 aliphatic carbocycles. The van der Waals surface area contributed by atoms with E-state index in [0.717, 1.165) is 6.42 Å². The molecule has 0 saturated heterocycles. The average Bonchev–Trinajstić information content (AvgIpc) is 2.50. The molecule has 130 valence electrons. The number of unbranched alkanes of at least 4 members (excludes halogenated alkanes) is 12. The van der Waals surface area contributed by atoms with Crippen LogP contribution in [-0.4, -0.2) is 12.6 Å². The third-order valence-corrected chi connectivity index (χ3v) is 3.96. The van der Waals surface area contributed by atoms with Gasteiger partial charge in [-0.25, -0.2) is 0 Å². The molecular formula is C20H38O2. The number of carbonyl (C=O) groups is 1. The summed E-state index contributed by atoms with van der Waals surface area (Å²) in [6.45, 7) is 4.33. The number of rotatable bonds is 16. The van der Waals surface area contributed by atoms with Gasteiger partial charge in [0.2, 0.25) is 0 Å². The van der Waals surface area contributed by atoms with Crippen molar-refractivity contribution in [2.24, 2.45) is 0 Å². The van der Waals surface area contributed by atoms with Crippen molar-refractivity contribution in [3.05, 3.63) is 12.2 Å². The summed E-state index contributed by atoms with van der Waals surface area (Å²) in [5.74, 6) is -0.157. The van der Waals surface area contributed by atoms with Crippen LogP contribution in [0.3, 0.4) is 0 Å². The van der Waals surface area contributed by atoms with Crippen LogP contribution < -0.4 is 0 Å². The normalized spacial score (nSPS) is 11.2. The summed E-state index contributed by atoms with van der Waals surface area (Å²) in [5, 5.41) is 0. The molecule has 0 unspecified atom stereocenters. The van der Waals surface area contributed by atoms with Gasteiger partial charge >= 0.3 is 5.97 Å². The fourth-order valence-electron chi connectivity index (χ4n) is 2.57. The molecule has 22 heavy (non-hydrogen) atoms. The lowest BCUT2D eigenvalue weighted by Gasteiger charge is -2.02. The second kappa shape index (κ2) is 18.3. The van der Waals surface area contributed by atoms with Crippen LogP contribution in [0.15, 0.2) is 12.2 Å². The number of esters is 1. The summed E-state index contributed by atoms with van der Waals surface area (Å²) < 4.78 is 4.92. The van der Waals surface area contributed by atoms with Crippen molar-refractivity contribution in [1.82, 2.24) is 0 Å². The van der Waals surface area contributed by atoms with Crippen molar-refractivity contribution < 1.29 is 9.53 Å². The first kappa shape index (κ1) is 21.2. The van der Waals surface area contributed by atoms with E-state index in [2.05, 4.69) is 19.1 Å². The van der Waals surface area contributed by atoms with Crippen LogP contribution in [-0.2, 0) is 9.53 Å². The van der Waals surface area contributed by atoms with Crippen LogP contribution in [0.1, 0.15) is 104 Å². The average molecular weight is 311 g/mol. The third kappa shape index (κ3) is 19.2. The molecule has 0 aromatic carbocycles.